The number of likely N-dealkylation sites (tertiary alicyclic amines) is 1. The van der Waals surface area contributed by atoms with Crippen LogP contribution in [0.15, 0.2) is 36.4 Å². The molecule has 3 heteroatoms. The summed E-state index contributed by atoms with van der Waals surface area (Å²) in [6.45, 7) is 9.51. The van der Waals surface area contributed by atoms with Crippen LogP contribution in [0, 0.1) is 11.6 Å². The van der Waals surface area contributed by atoms with Crippen molar-refractivity contribution >= 4 is 0 Å². The molecule has 1 aliphatic heterocycles. The second kappa shape index (κ2) is 6.53. The Kier molecular flexibility index (Phi) is 4.72. The first-order valence-corrected chi connectivity index (χ1v) is 9.03. The molecule has 0 saturated carbocycles. The van der Waals surface area contributed by atoms with Gasteiger partial charge in [0.15, 0.2) is 0 Å². The van der Waals surface area contributed by atoms with Crippen LogP contribution in [-0.2, 0) is 5.41 Å². The van der Waals surface area contributed by atoms with Crippen molar-refractivity contribution in [3.8, 4) is 0 Å². The van der Waals surface area contributed by atoms with E-state index in [9.17, 15) is 8.78 Å². The van der Waals surface area contributed by atoms with E-state index in [1.165, 1.54) is 5.56 Å². The van der Waals surface area contributed by atoms with Crippen molar-refractivity contribution < 1.29 is 8.78 Å². The third-order valence-corrected chi connectivity index (χ3v) is 5.42. The molecule has 1 aliphatic rings. The van der Waals surface area contributed by atoms with Gasteiger partial charge in [0, 0.05) is 24.1 Å². The van der Waals surface area contributed by atoms with Gasteiger partial charge in [-0.25, -0.2) is 8.78 Å². The second-order valence-electron chi connectivity index (χ2n) is 8.04. The normalized spacial score (nSPS) is 17.2. The van der Waals surface area contributed by atoms with Crippen LogP contribution in [0.1, 0.15) is 61.8 Å². The highest BCUT2D eigenvalue weighted by Crippen LogP contribution is 2.42. The molecule has 1 heterocycles. The van der Waals surface area contributed by atoms with Gasteiger partial charge in [0.25, 0.3) is 0 Å². The Balaban J connectivity index is 2.07. The van der Waals surface area contributed by atoms with Gasteiger partial charge in [-0.1, -0.05) is 52.0 Å². The summed E-state index contributed by atoms with van der Waals surface area (Å²) >= 11 is 0. The molecule has 134 valence electrons. The van der Waals surface area contributed by atoms with Gasteiger partial charge in [0.1, 0.15) is 11.6 Å². The van der Waals surface area contributed by atoms with E-state index in [2.05, 4.69) is 43.0 Å². The van der Waals surface area contributed by atoms with Crippen LogP contribution in [0.4, 0.5) is 8.78 Å². The highest BCUT2D eigenvalue weighted by atomic mass is 19.1. The fraction of sp³-hybridized carbons (Fsp3) is 0.455. The maximum Gasteiger partial charge on any atom is 0.129 e. The Bertz CT molecular complexity index is 733. The monoisotopic (exact) mass is 343 g/mol. The van der Waals surface area contributed by atoms with Gasteiger partial charge in [-0.2, -0.15) is 0 Å². The summed E-state index contributed by atoms with van der Waals surface area (Å²) in [5.74, 6) is -0.566. The summed E-state index contributed by atoms with van der Waals surface area (Å²) in [6.07, 6.45) is 0. The number of benzene rings is 2. The fourth-order valence-corrected chi connectivity index (χ4v) is 4.01. The molecule has 0 bridgehead atoms. The highest BCUT2D eigenvalue weighted by molar-refractivity contribution is 5.46. The molecular weight excluding hydrogens is 316 g/mol. The molecule has 1 fully saturated rings. The van der Waals surface area contributed by atoms with E-state index in [0.717, 1.165) is 24.2 Å². The zero-order valence-corrected chi connectivity index (χ0v) is 15.7. The van der Waals surface area contributed by atoms with Crippen LogP contribution in [0.3, 0.4) is 0 Å². The summed E-state index contributed by atoms with van der Waals surface area (Å²) in [5.41, 5.74) is 3.00. The number of hydrogen-bond donors (Lipinski definition) is 0. The molecule has 25 heavy (non-hydrogen) atoms. The lowest BCUT2D eigenvalue weighted by atomic mass is 9.68. The van der Waals surface area contributed by atoms with Crippen molar-refractivity contribution in [2.24, 2.45) is 0 Å². The summed E-state index contributed by atoms with van der Waals surface area (Å²) in [4.78, 5) is 2.18. The topological polar surface area (TPSA) is 3.24 Å². The van der Waals surface area contributed by atoms with Crippen LogP contribution in [0.25, 0.3) is 0 Å². The van der Waals surface area contributed by atoms with E-state index in [4.69, 9.17) is 0 Å². The molecule has 2 aromatic carbocycles. The van der Waals surface area contributed by atoms with Gasteiger partial charge in [-0.15, -0.1) is 0 Å². The quantitative estimate of drug-likeness (QED) is 0.714. The van der Waals surface area contributed by atoms with Crippen molar-refractivity contribution in [2.45, 2.75) is 44.9 Å². The number of hydrogen-bond acceptors (Lipinski definition) is 1. The van der Waals surface area contributed by atoms with Crippen LogP contribution < -0.4 is 0 Å². The molecule has 0 aromatic heterocycles. The SMILES string of the molecule is CC(C)c1ccc(C2(c3cc(F)c(C(C)C)c(F)c3)CN(C)C2)cc1. The fourth-order valence-electron chi connectivity index (χ4n) is 4.01. The highest BCUT2D eigenvalue weighted by Gasteiger charge is 2.44. The molecule has 0 amide bonds. The van der Waals surface area contributed by atoms with E-state index in [0.29, 0.717) is 5.92 Å². The van der Waals surface area contributed by atoms with Gasteiger partial charge >= 0.3 is 0 Å². The average molecular weight is 343 g/mol. The molecular formula is C22H27F2N. The summed E-state index contributed by atoms with van der Waals surface area (Å²) in [7, 11) is 2.04. The summed E-state index contributed by atoms with van der Waals surface area (Å²) < 4.78 is 29.2. The van der Waals surface area contributed by atoms with Crippen LogP contribution in [0.2, 0.25) is 0 Å². The number of nitrogens with zero attached hydrogens (tertiary/aromatic N) is 1. The Morgan fingerprint density at radius 2 is 1.36 bits per heavy atom. The van der Waals surface area contributed by atoms with Crippen molar-refractivity contribution in [1.29, 1.82) is 0 Å². The molecule has 1 nitrogen and oxygen atoms in total. The predicted octanol–water partition coefficient (Wildman–Crippen LogP) is 5.44. The first-order chi connectivity index (χ1) is 11.7. The lowest BCUT2D eigenvalue weighted by Crippen LogP contribution is -2.58. The first kappa shape index (κ1) is 18.1. The third kappa shape index (κ3) is 3.10. The number of rotatable bonds is 4. The van der Waals surface area contributed by atoms with Crippen LogP contribution >= 0.6 is 0 Å². The minimum absolute atomic E-state index is 0.167. The third-order valence-electron chi connectivity index (χ3n) is 5.42. The largest absolute Gasteiger partial charge is 0.304 e. The number of halogens is 2. The standard InChI is InChI=1S/C22H27F2N/c1-14(2)16-6-8-17(9-7-16)22(12-25(5)13-22)18-10-19(23)21(15(3)4)20(24)11-18/h6-11,14-15H,12-13H2,1-5H3. The maximum atomic E-state index is 14.6. The molecule has 2 aromatic rings. The lowest BCUT2D eigenvalue weighted by molar-refractivity contribution is 0.125. The van der Waals surface area contributed by atoms with Crippen LogP contribution in [-0.4, -0.2) is 25.0 Å². The molecule has 0 N–H and O–H groups in total. The Morgan fingerprint density at radius 3 is 1.76 bits per heavy atom. The lowest BCUT2D eigenvalue weighted by Gasteiger charge is -2.49. The molecule has 0 unspecified atom stereocenters. The summed E-state index contributed by atoms with van der Waals surface area (Å²) in [6, 6.07) is 11.6. The molecule has 0 atom stereocenters. The zero-order valence-electron chi connectivity index (χ0n) is 15.7. The van der Waals surface area contributed by atoms with E-state index in [-0.39, 0.29) is 16.9 Å². The molecule has 0 aliphatic carbocycles. The maximum absolute atomic E-state index is 14.6. The van der Waals surface area contributed by atoms with E-state index >= 15 is 0 Å². The molecule has 0 spiro atoms. The predicted molar refractivity (Wildman–Crippen MR) is 99.3 cm³/mol. The molecule has 1 saturated heterocycles. The molecule has 3 rings (SSSR count). The van der Waals surface area contributed by atoms with Crippen molar-refractivity contribution in [2.75, 3.05) is 20.1 Å². The average Bonchev–Trinajstić information content (AvgIpc) is 2.50. The van der Waals surface area contributed by atoms with E-state index in [1.807, 2.05) is 20.9 Å². The van der Waals surface area contributed by atoms with Crippen molar-refractivity contribution in [1.82, 2.24) is 4.90 Å². The minimum atomic E-state index is -0.433. The van der Waals surface area contributed by atoms with E-state index in [1.54, 1.807) is 12.1 Å². The van der Waals surface area contributed by atoms with Crippen molar-refractivity contribution in [3.05, 3.63) is 70.3 Å². The Labute approximate surface area is 149 Å². The van der Waals surface area contributed by atoms with Gasteiger partial charge in [0.2, 0.25) is 0 Å². The summed E-state index contributed by atoms with van der Waals surface area (Å²) in [5, 5.41) is 0. The van der Waals surface area contributed by atoms with Gasteiger partial charge in [-0.05, 0) is 47.7 Å². The Hall–Kier alpha value is -1.74. The van der Waals surface area contributed by atoms with Gasteiger partial charge < -0.3 is 4.90 Å². The minimum Gasteiger partial charge on any atom is -0.304 e. The second-order valence-corrected chi connectivity index (χ2v) is 8.04. The number of likely N-dealkylation sites (N-methyl/N-ethyl adjacent to an activating group) is 1. The zero-order chi connectivity index (χ0) is 18.4. The molecule has 0 radical (unpaired) electrons. The van der Waals surface area contributed by atoms with Gasteiger partial charge in [-0.3, -0.25) is 0 Å². The smallest absolute Gasteiger partial charge is 0.129 e. The van der Waals surface area contributed by atoms with Crippen LogP contribution in [0.5, 0.6) is 0 Å². The van der Waals surface area contributed by atoms with Crippen molar-refractivity contribution in [3.63, 3.8) is 0 Å². The van der Waals surface area contributed by atoms with Gasteiger partial charge in [0.05, 0.1) is 0 Å². The Morgan fingerprint density at radius 1 is 0.840 bits per heavy atom. The van der Waals surface area contributed by atoms with E-state index < -0.39 is 11.6 Å². The first-order valence-electron chi connectivity index (χ1n) is 9.03.